The topological polar surface area (TPSA) is 58.2 Å². The van der Waals surface area contributed by atoms with Gasteiger partial charge in [-0.2, -0.15) is 13.2 Å². The molecule has 0 aromatic heterocycles. The van der Waals surface area contributed by atoms with Gasteiger partial charge in [-0.15, -0.1) is 0 Å². The Bertz CT molecular complexity index is 190. The van der Waals surface area contributed by atoms with Crippen LogP contribution in [0.5, 0.6) is 0 Å². The number of amides is 3. The third-order valence-corrected chi connectivity index (χ3v) is 0.822. The molecule has 0 aliphatic carbocycles. The monoisotopic (exact) mass is 184 g/mol. The Morgan fingerprint density at radius 3 is 2.17 bits per heavy atom. The molecule has 12 heavy (non-hydrogen) atoms. The zero-order valence-electron chi connectivity index (χ0n) is 6.16. The van der Waals surface area contributed by atoms with Crippen LogP contribution in [0.25, 0.3) is 0 Å². The fourth-order valence-electron chi connectivity index (χ4n) is 0.379. The average molecular weight is 184 g/mol. The van der Waals surface area contributed by atoms with E-state index in [2.05, 4.69) is 0 Å². The number of halogens is 3. The molecule has 0 aliphatic heterocycles. The van der Waals surface area contributed by atoms with Crippen LogP contribution in [0.2, 0.25) is 0 Å². The average Bonchev–Trinajstić information content (AvgIpc) is 1.85. The number of alkyl halides is 3. The molecule has 0 rings (SSSR count). The minimum atomic E-state index is -5.02. The van der Waals surface area contributed by atoms with Crippen molar-refractivity contribution in [2.75, 3.05) is 6.54 Å². The van der Waals surface area contributed by atoms with E-state index in [0.717, 1.165) is 5.32 Å². The smallest absolute Gasteiger partial charge is 0.338 e. The van der Waals surface area contributed by atoms with Crippen molar-refractivity contribution in [2.45, 2.75) is 13.1 Å². The van der Waals surface area contributed by atoms with Crippen LogP contribution < -0.4 is 10.6 Å². The summed E-state index contributed by atoms with van der Waals surface area (Å²) in [5.74, 6) is -2.27. The van der Waals surface area contributed by atoms with Crippen LogP contribution in [0.15, 0.2) is 0 Å². The Balaban J connectivity index is 3.94. The lowest BCUT2D eigenvalue weighted by atomic mass is 10.6. The molecule has 0 spiro atoms. The van der Waals surface area contributed by atoms with Crippen molar-refractivity contribution < 1.29 is 22.8 Å². The minimum absolute atomic E-state index is 0.150. The summed E-state index contributed by atoms with van der Waals surface area (Å²) < 4.78 is 34.4. The van der Waals surface area contributed by atoms with Gasteiger partial charge in [-0.25, -0.2) is 4.79 Å². The molecule has 2 N–H and O–H groups in total. The molecule has 0 fully saturated rings. The zero-order chi connectivity index (χ0) is 9.78. The van der Waals surface area contributed by atoms with E-state index < -0.39 is 18.1 Å². The van der Waals surface area contributed by atoms with Crippen LogP contribution in [0, 0.1) is 0 Å². The van der Waals surface area contributed by atoms with Gasteiger partial charge in [0.25, 0.3) is 0 Å². The first-order chi connectivity index (χ1) is 5.38. The molecule has 0 saturated heterocycles. The van der Waals surface area contributed by atoms with Gasteiger partial charge in [-0.05, 0) is 6.92 Å². The molecule has 0 radical (unpaired) electrons. The summed E-state index contributed by atoms with van der Waals surface area (Å²) in [5, 5.41) is 3.08. The third-order valence-electron chi connectivity index (χ3n) is 0.822. The Morgan fingerprint density at radius 1 is 1.33 bits per heavy atom. The van der Waals surface area contributed by atoms with Gasteiger partial charge in [-0.1, -0.05) is 0 Å². The van der Waals surface area contributed by atoms with Crippen molar-refractivity contribution >= 4 is 11.9 Å². The quantitative estimate of drug-likeness (QED) is 0.619. The number of hydrogen-bond acceptors (Lipinski definition) is 2. The molecular weight excluding hydrogens is 177 g/mol. The summed E-state index contributed by atoms with van der Waals surface area (Å²) >= 11 is 0. The van der Waals surface area contributed by atoms with Crippen molar-refractivity contribution in [1.29, 1.82) is 0 Å². The molecular formula is C5H7F3N2O2. The van der Waals surface area contributed by atoms with Gasteiger partial charge < -0.3 is 5.32 Å². The van der Waals surface area contributed by atoms with E-state index in [1.807, 2.05) is 5.32 Å². The second-order valence-corrected chi connectivity index (χ2v) is 1.81. The van der Waals surface area contributed by atoms with Crippen molar-refractivity contribution in [3.05, 3.63) is 0 Å². The van der Waals surface area contributed by atoms with Gasteiger partial charge in [0.15, 0.2) is 0 Å². The van der Waals surface area contributed by atoms with Crippen LogP contribution in [-0.2, 0) is 4.79 Å². The largest absolute Gasteiger partial charge is 0.471 e. The number of carbonyl (C=O) groups is 2. The Hall–Kier alpha value is -1.27. The summed E-state index contributed by atoms with van der Waals surface area (Å²) in [6.07, 6.45) is -5.02. The maximum Gasteiger partial charge on any atom is 0.471 e. The lowest BCUT2D eigenvalue weighted by molar-refractivity contribution is -0.172. The predicted molar refractivity (Wildman–Crippen MR) is 33.3 cm³/mol. The van der Waals surface area contributed by atoms with E-state index in [4.69, 9.17) is 0 Å². The third kappa shape index (κ3) is 3.79. The highest BCUT2D eigenvalue weighted by Gasteiger charge is 2.39. The Kier molecular flexibility index (Phi) is 3.52. The van der Waals surface area contributed by atoms with Gasteiger partial charge in [0.2, 0.25) is 0 Å². The van der Waals surface area contributed by atoms with Crippen molar-refractivity contribution in [3.63, 3.8) is 0 Å². The number of imide groups is 1. The fourth-order valence-corrected chi connectivity index (χ4v) is 0.379. The van der Waals surface area contributed by atoms with Gasteiger partial charge in [0.1, 0.15) is 0 Å². The number of rotatable bonds is 1. The number of hydrogen-bond donors (Lipinski definition) is 2. The van der Waals surface area contributed by atoms with Crippen LogP contribution in [0.4, 0.5) is 18.0 Å². The summed E-state index contributed by atoms with van der Waals surface area (Å²) in [7, 11) is 0. The van der Waals surface area contributed by atoms with E-state index in [1.165, 1.54) is 6.92 Å². The first kappa shape index (κ1) is 10.7. The van der Waals surface area contributed by atoms with E-state index in [-0.39, 0.29) is 6.54 Å². The molecule has 4 nitrogen and oxygen atoms in total. The summed E-state index contributed by atoms with van der Waals surface area (Å²) in [6, 6.07) is -1.15. The van der Waals surface area contributed by atoms with Gasteiger partial charge in [0, 0.05) is 6.54 Å². The normalized spacial score (nSPS) is 10.7. The Morgan fingerprint density at radius 2 is 1.83 bits per heavy atom. The Labute approximate surface area is 66.1 Å². The zero-order valence-corrected chi connectivity index (χ0v) is 6.16. The molecule has 0 heterocycles. The molecule has 0 bridgehead atoms. The summed E-state index contributed by atoms with van der Waals surface area (Å²) in [4.78, 5) is 20.4. The molecule has 0 aromatic carbocycles. The lowest BCUT2D eigenvalue weighted by Crippen LogP contribution is -2.45. The highest BCUT2D eigenvalue weighted by Crippen LogP contribution is 2.13. The van der Waals surface area contributed by atoms with E-state index in [0.29, 0.717) is 0 Å². The van der Waals surface area contributed by atoms with Crippen molar-refractivity contribution in [2.24, 2.45) is 0 Å². The number of nitrogens with one attached hydrogen (secondary N) is 2. The highest BCUT2D eigenvalue weighted by molar-refractivity contribution is 5.96. The first-order valence-corrected chi connectivity index (χ1v) is 3.04. The standard InChI is InChI=1S/C5H7F3N2O2/c1-2-9-4(12)10-3(11)5(6,7)8/h2H2,1H3,(H2,9,10,11,12). The molecule has 0 atom stereocenters. The van der Waals surface area contributed by atoms with Crippen molar-refractivity contribution in [3.8, 4) is 0 Å². The van der Waals surface area contributed by atoms with Gasteiger partial charge in [-0.3, -0.25) is 10.1 Å². The van der Waals surface area contributed by atoms with Crippen LogP contribution >= 0.6 is 0 Å². The maximum atomic E-state index is 11.5. The highest BCUT2D eigenvalue weighted by atomic mass is 19.4. The molecule has 70 valence electrons. The SMILES string of the molecule is CCNC(=O)NC(=O)C(F)(F)F. The van der Waals surface area contributed by atoms with E-state index in [9.17, 15) is 22.8 Å². The van der Waals surface area contributed by atoms with E-state index >= 15 is 0 Å². The molecule has 7 heteroatoms. The fraction of sp³-hybridized carbons (Fsp3) is 0.600. The molecule has 0 aromatic rings. The molecule has 0 saturated carbocycles. The minimum Gasteiger partial charge on any atom is -0.338 e. The first-order valence-electron chi connectivity index (χ1n) is 3.04. The van der Waals surface area contributed by atoms with Crippen LogP contribution in [-0.4, -0.2) is 24.7 Å². The lowest BCUT2D eigenvalue weighted by Gasteiger charge is -2.06. The summed E-state index contributed by atoms with van der Waals surface area (Å²) in [6.45, 7) is 1.66. The van der Waals surface area contributed by atoms with Crippen LogP contribution in [0.1, 0.15) is 6.92 Å². The van der Waals surface area contributed by atoms with Gasteiger partial charge in [0.05, 0.1) is 0 Å². The number of urea groups is 1. The number of carbonyl (C=O) groups excluding carboxylic acids is 2. The molecule has 0 aliphatic rings. The molecule has 3 amide bonds. The second-order valence-electron chi connectivity index (χ2n) is 1.81. The summed E-state index contributed by atoms with van der Waals surface area (Å²) in [5.41, 5.74) is 0. The van der Waals surface area contributed by atoms with Gasteiger partial charge >= 0.3 is 18.1 Å². The van der Waals surface area contributed by atoms with Crippen LogP contribution in [0.3, 0.4) is 0 Å². The second kappa shape index (κ2) is 3.93. The predicted octanol–water partition coefficient (Wildman–Crippen LogP) is 0.394. The van der Waals surface area contributed by atoms with Crippen molar-refractivity contribution in [1.82, 2.24) is 10.6 Å². The van der Waals surface area contributed by atoms with E-state index in [1.54, 1.807) is 0 Å². The maximum absolute atomic E-state index is 11.5. The molecule has 0 unspecified atom stereocenters.